The van der Waals surface area contributed by atoms with Gasteiger partial charge in [-0.1, -0.05) is 72.4 Å². The van der Waals surface area contributed by atoms with Gasteiger partial charge in [0.05, 0.1) is 6.21 Å². The van der Waals surface area contributed by atoms with Crippen LogP contribution in [0.5, 0.6) is 0 Å². The first-order chi connectivity index (χ1) is 13.8. The smallest absolute Gasteiger partial charge is 0.181 e. The quantitative estimate of drug-likeness (QED) is 0.295. The standard InChI is InChI=1S/C22H18N4OS/c23-22(28-14-17-4-2-1-3-5-17)26-25-13-16-6-8-18(9-7-16)19-10-11-21-20(12-19)24-15-27-21/h1-13,15H,14H2,(H2,23,26). The molecule has 4 rings (SSSR count). The van der Waals surface area contributed by atoms with Crippen LogP contribution in [0.15, 0.2) is 93.8 Å². The second kappa shape index (κ2) is 8.54. The number of benzene rings is 3. The summed E-state index contributed by atoms with van der Waals surface area (Å²) in [4.78, 5) is 4.20. The molecule has 0 aliphatic carbocycles. The summed E-state index contributed by atoms with van der Waals surface area (Å²) in [6.45, 7) is 0. The van der Waals surface area contributed by atoms with Crippen molar-refractivity contribution in [3.63, 3.8) is 0 Å². The van der Waals surface area contributed by atoms with Gasteiger partial charge in [-0.2, -0.15) is 5.10 Å². The van der Waals surface area contributed by atoms with E-state index in [1.54, 1.807) is 6.21 Å². The zero-order chi connectivity index (χ0) is 19.2. The van der Waals surface area contributed by atoms with E-state index in [2.05, 4.69) is 27.3 Å². The molecule has 1 aromatic heterocycles. The van der Waals surface area contributed by atoms with Crippen LogP contribution in [0, 0.1) is 0 Å². The Bertz CT molecular complexity index is 1120. The van der Waals surface area contributed by atoms with Gasteiger partial charge in [-0.3, -0.25) is 0 Å². The molecule has 5 nitrogen and oxygen atoms in total. The Balaban J connectivity index is 1.38. The van der Waals surface area contributed by atoms with Crippen LogP contribution in [0.25, 0.3) is 22.2 Å². The summed E-state index contributed by atoms with van der Waals surface area (Å²) in [5.41, 5.74) is 11.9. The maximum atomic E-state index is 5.91. The normalized spacial score (nSPS) is 12.1. The summed E-state index contributed by atoms with van der Waals surface area (Å²) >= 11 is 1.47. The first kappa shape index (κ1) is 18.0. The molecule has 0 atom stereocenters. The average Bonchev–Trinajstić information content (AvgIpc) is 3.21. The molecule has 3 aromatic carbocycles. The molecular formula is C22H18N4OS. The summed E-state index contributed by atoms with van der Waals surface area (Å²) < 4.78 is 5.28. The van der Waals surface area contributed by atoms with E-state index >= 15 is 0 Å². The summed E-state index contributed by atoms with van der Waals surface area (Å²) in [5, 5.41) is 8.58. The average molecular weight is 386 g/mol. The molecule has 0 radical (unpaired) electrons. The molecule has 0 spiro atoms. The minimum Gasteiger partial charge on any atom is -0.443 e. The molecule has 0 bridgehead atoms. The fraction of sp³-hybridized carbons (Fsp3) is 0.0455. The van der Waals surface area contributed by atoms with Gasteiger partial charge in [-0.25, -0.2) is 4.98 Å². The molecule has 0 unspecified atom stereocenters. The summed E-state index contributed by atoms with van der Waals surface area (Å²) in [6.07, 6.45) is 3.15. The third-order valence-electron chi connectivity index (χ3n) is 4.17. The number of thioether (sulfide) groups is 1. The van der Waals surface area contributed by atoms with Crippen LogP contribution in [0.2, 0.25) is 0 Å². The monoisotopic (exact) mass is 386 g/mol. The van der Waals surface area contributed by atoms with E-state index in [9.17, 15) is 0 Å². The van der Waals surface area contributed by atoms with Crippen molar-refractivity contribution in [1.82, 2.24) is 4.98 Å². The van der Waals surface area contributed by atoms with Crippen molar-refractivity contribution in [1.29, 1.82) is 0 Å². The Morgan fingerprint density at radius 2 is 1.79 bits per heavy atom. The van der Waals surface area contributed by atoms with Gasteiger partial charge in [-0.05, 0) is 34.4 Å². The molecule has 6 heteroatoms. The van der Waals surface area contributed by atoms with Gasteiger partial charge in [0.25, 0.3) is 0 Å². The molecule has 0 saturated carbocycles. The minimum atomic E-state index is 0.442. The highest BCUT2D eigenvalue weighted by Gasteiger charge is 2.02. The van der Waals surface area contributed by atoms with Gasteiger partial charge < -0.3 is 10.2 Å². The summed E-state index contributed by atoms with van der Waals surface area (Å²) in [5.74, 6) is 0.774. The molecule has 0 amide bonds. The predicted octanol–water partition coefficient (Wildman–Crippen LogP) is 5.08. The fourth-order valence-electron chi connectivity index (χ4n) is 2.71. The molecule has 0 fully saturated rings. The Kier molecular flexibility index (Phi) is 5.49. The van der Waals surface area contributed by atoms with Crippen molar-refractivity contribution in [2.75, 3.05) is 0 Å². The van der Waals surface area contributed by atoms with Crippen LogP contribution in [-0.4, -0.2) is 16.4 Å². The lowest BCUT2D eigenvalue weighted by Gasteiger charge is -2.02. The summed E-state index contributed by atoms with van der Waals surface area (Å²) in [7, 11) is 0. The van der Waals surface area contributed by atoms with Gasteiger partial charge >= 0.3 is 0 Å². The van der Waals surface area contributed by atoms with Crippen molar-refractivity contribution >= 4 is 34.2 Å². The van der Waals surface area contributed by atoms with Crippen LogP contribution < -0.4 is 5.73 Å². The first-order valence-electron chi connectivity index (χ1n) is 8.75. The highest BCUT2D eigenvalue weighted by molar-refractivity contribution is 8.13. The number of fused-ring (bicyclic) bond motifs is 1. The van der Waals surface area contributed by atoms with E-state index in [-0.39, 0.29) is 0 Å². The number of nitrogens with two attached hydrogens (primary N) is 1. The Morgan fingerprint density at radius 3 is 2.61 bits per heavy atom. The van der Waals surface area contributed by atoms with Crippen LogP contribution in [0.4, 0.5) is 0 Å². The fourth-order valence-corrected chi connectivity index (χ4v) is 3.32. The van der Waals surface area contributed by atoms with E-state index < -0.39 is 0 Å². The lowest BCUT2D eigenvalue weighted by atomic mass is 10.0. The first-order valence-corrected chi connectivity index (χ1v) is 9.73. The zero-order valence-electron chi connectivity index (χ0n) is 15.0. The number of nitrogens with zero attached hydrogens (tertiary/aromatic N) is 3. The van der Waals surface area contributed by atoms with Crippen LogP contribution in [-0.2, 0) is 5.75 Å². The number of aromatic nitrogens is 1. The maximum absolute atomic E-state index is 5.91. The predicted molar refractivity (Wildman–Crippen MR) is 116 cm³/mol. The van der Waals surface area contributed by atoms with Crippen LogP contribution in [0.3, 0.4) is 0 Å². The highest BCUT2D eigenvalue weighted by Crippen LogP contribution is 2.24. The third kappa shape index (κ3) is 4.47. The van der Waals surface area contributed by atoms with Crippen LogP contribution in [0.1, 0.15) is 11.1 Å². The highest BCUT2D eigenvalue weighted by atomic mass is 32.2. The van der Waals surface area contributed by atoms with E-state index in [1.807, 2.05) is 60.7 Å². The van der Waals surface area contributed by atoms with Gasteiger partial charge in [0, 0.05) is 5.75 Å². The van der Waals surface area contributed by atoms with Crippen molar-refractivity contribution in [2.45, 2.75) is 5.75 Å². The van der Waals surface area contributed by atoms with Crippen molar-refractivity contribution in [2.24, 2.45) is 15.9 Å². The molecule has 138 valence electrons. The Morgan fingerprint density at radius 1 is 1.00 bits per heavy atom. The second-order valence-corrected chi connectivity index (χ2v) is 7.11. The molecular weight excluding hydrogens is 368 g/mol. The third-order valence-corrected chi connectivity index (χ3v) is 5.02. The number of oxazole rings is 1. The van der Waals surface area contributed by atoms with Gasteiger partial charge in [0.2, 0.25) is 0 Å². The van der Waals surface area contributed by atoms with Crippen LogP contribution >= 0.6 is 11.8 Å². The Hall–Kier alpha value is -3.38. The van der Waals surface area contributed by atoms with E-state index in [1.165, 1.54) is 23.7 Å². The number of hydrogen-bond acceptors (Lipinski definition) is 5. The number of hydrogen-bond donors (Lipinski definition) is 1. The lowest BCUT2D eigenvalue weighted by molar-refractivity contribution is 0.602. The van der Waals surface area contributed by atoms with E-state index in [4.69, 9.17) is 10.2 Å². The Labute approximate surface area is 167 Å². The SMILES string of the molecule is NC(=NN=Cc1ccc(-c2ccc3ocnc3c2)cc1)SCc1ccccc1. The topological polar surface area (TPSA) is 76.8 Å². The number of amidine groups is 1. The van der Waals surface area contributed by atoms with Gasteiger partial charge in [0.1, 0.15) is 5.52 Å². The van der Waals surface area contributed by atoms with E-state index in [0.29, 0.717) is 5.17 Å². The summed E-state index contributed by atoms with van der Waals surface area (Å²) in [6, 6.07) is 24.2. The largest absolute Gasteiger partial charge is 0.443 e. The van der Waals surface area contributed by atoms with Gasteiger partial charge in [-0.15, -0.1) is 5.10 Å². The van der Waals surface area contributed by atoms with Gasteiger partial charge in [0.15, 0.2) is 17.1 Å². The molecule has 2 N–H and O–H groups in total. The second-order valence-electron chi connectivity index (χ2n) is 6.11. The van der Waals surface area contributed by atoms with Crippen molar-refractivity contribution in [3.8, 4) is 11.1 Å². The molecule has 0 aliphatic rings. The molecule has 4 aromatic rings. The maximum Gasteiger partial charge on any atom is 0.181 e. The van der Waals surface area contributed by atoms with Crippen molar-refractivity contribution in [3.05, 3.63) is 90.3 Å². The minimum absolute atomic E-state index is 0.442. The lowest BCUT2D eigenvalue weighted by Crippen LogP contribution is -2.05. The zero-order valence-corrected chi connectivity index (χ0v) is 15.8. The molecule has 0 aliphatic heterocycles. The molecule has 28 heavy (non-hydrogen) atoms. The van der Waals surface area contributed by atoms with Crippen molar-refractivity contribution < 1.29 is 4.42 Å². The number of rotatable bonds is 5. The van der Waals surface area contributed by atoms with E-state index in [0.717, 1.165) is 33.5 Å². The molecule has 1 heterocycles. The molecule has 0 saturated heterocycles.